The summed E-state index contributed by atoms with van der Waals surface area (Å²) in [6.45, 7) is 1.71. The van der Waals surface area contributed by atoms with Gasteiger partial charge in [-0.05, 0) is 25.1 Å². The second-order valence-electron chi connectivity index (χ2n) is 4.71. The standard InChI is InChI=1S/C13H11N5O4S/c1-9-14-13-7-6-10(8-17(13)15-9)16-23(21,22)12-5-3-2-4-11(12)18(19)20/h2-8,16H,1H3. The molecule has 0 unspecified atom stereocenters. The van der Waals surface area contributed by atoms with Crippen molar-refractivity contribution in [2.75, 3.05) is 4.72 Å². The van der Waals surface area contributed by atoms with Crippen LogP contribution in [0.1, 0.15) is 5.82 Å². The molecule has 3 rings (SSSR count). The molecule has 0 aliphatic rings. The summed E-state index contributed by atoms with van der Waals surface area (Å²) in [5.74, 6) is 0.545. The summed E-state index contributed by atoms with van der Waals surface area (Å²) in [7, 11) is -4.10. The zero-order valence-electron chi connectivity index (χ0n) is 11.9. The Morgan fingerprint density at radius 3 is 2.70 bits per heavy atom. The number of sulfonamides is 1. The average molecular weight is 333 g/mol. The quantitative estimate of drug-likeness (QED) is 0.573. The van der Waals surface area contributed by atoms with Crippen LogP contribution in [0, 0.1) is 17.0 Å². The molecule has 10 heteroatoms. The van der Waals surface area contributed by atoms with Gasteiger partial charge < -0.3 is 0 Å². The molecule has 0 radical (unpaired) electrons. The van der Waals surface area contributed by atoms with Crippen molar-refractivity contribution in [1.29, 1.82) is 0 Å². The fourth-order valence-corrected chi connectivity index (χ4v) is 3.32. The normalized spacial score (nSPS) is 11.5. The molecule has 0 bridgehead atoms. The van der Waals surface area contributed by atoms with Gasteiger partial charge in [-0.2, -0.15) is 5.10 Å². The highest BCUT2D eigenvalue weighted by molar-refractivity contribution is 7.92. The number of fused-ring (bicyclic) bond motifs is 1. The number of nitrogens with one attached hydrogen (secondary N) is 1. The van der Waals surface area contributed by atoms with Gasteiger partial charge in [0.25, 0.3) is 15.7 Å². The van der Waals surface area contributed by atoms with Crippen LogP contribution in [-0.2, 0) is 10.0 Å². The van der Waals surface area contributed by atoms with Crippen molar-refractivity contribution in [2.24, 2.45) is 0 Å². The summed E-state index contributed by atoms with van der Waals surface area (Å²) in [5, 5.41) is 15.1. The van der Waals surface area contributed by atoms with E-state index in [1.165, 1.54) is 35.0 Å². The van der Waals surface area contributed by atoms with Crippen molar-refractivity contribution in [3.8, 4) is 0 Å². The zero-order chi connectivity index (χ0) is 16.6. The Labute approximate surface area is 130 Å². The zero-order valence-corrected chi connectivity index (χ0v) is 12.7. The van der Waals surface area contributed by atoms with Gasteiger partial charge in [0.2, 0.25) is 0 Å². The largest absolute Gasteiger partial charge is 0.289 e. The number of aryl methyl sites for hydroxylation is 1. The third-order valence-electron chi connectivity index (χ3n) is 3.04. The van der Waals surface area contributed by atoms with Gasteiger partial charge in [-0.3, -0.25) is 14.8 Å². The number of nitrogens with zero attached hydrogens (tertiary/aromatic N) is 4. The maximum absolute atomic E-state index is 12.4. The second-order valence-corrected chi connectivity index (χ2v) is 6.36. The van der Waals surface area contributed by atoms with E-state index in [4.69, 9.17) is 0 Å². The van der Waals surface area contributed by atoms with E-state index in [2.05, 4.69) is 14.8 Å². The molecule has 118 valence electrons. The highest BCUT2D eigenvalue weighted by Gasteiger charge is 2.25. The summed E-state index contributed by atoms with van der Waals surface area (Å²) in [4.78, 5) is 14.0. The lowest BCUT2D eigenvalue weighted by atomic mass is 10.3. The SMILES string of the molecule is Cc1nc2ccc(NS(=O)(=O)c3ccccc3[N+](=O)[O-])cn2n1. The van der Waals surface area contributed by atoms with Gasteiger partial charge >= 0.3 is 0 Å². The minimum atomic E-state index is -4.10. The summed E-state index contributed by atoms with van der Waals surface area (Å²) in [6, 6.07) is 8.25. The van der Waals surface area contributed by atoms with Crippen LogP contribution in [0.2, 0.25) is 0 Å². The molecule has 1 N–H and O–H groups in total. The third-order valence-corrected chi connectivity index (χ3v) is 4.47. The molecule has 2 aromatic heterocycles. The van der Waals surface area contributed by atoms with E-state index in [0.717, 1.165) is 6.07 Å². The maximum Gasteiger partial charge on any atom is 0.289 e. The van der Waals surface area contributed by atoms with Gasteiger partial charge in [0, 0.05) is 6.07 Å². The number of hydrogen-bond acceptors (Lipinski definition) is 6. The lowest BCUT2D eigenvalue weighted by Gasteiger charge is -2.08. The van der Waals surface area contributed by atoms with Crippen LogP contribution in [0.25, 0.3) is 5.65 Å². The molecule has 0 aliphatic carbocycles. The molecule has 9 nitrogen and oxygen atoms in total. The number of nitro benzene ring substituents is 1. The maximum atomic E-state index is 12.4. The van der Waals surface area contributed by atoms with Crippen LogP contribution >= 0.6 is 0 Å². The number of nitro groups is 1. The molecular weight excluding hydrogens is 322 g/mol. The first-order chi connectivity index (χ1) is 10.9. The Kier molecular flexibility index (Phi) is 3.45. The minimum absolute atomic E-state index is 0.223. The number of pyridine rings is 1. The van der Waals surface area contributed by atoms with E-state index in [1.807, 2.05) is 0 Å². The lowest BCUT2D eigenvalue weighted by molar-refractivity contribution is -0.387. The predicted molar refractivity (Wildman–Crippen MR) is 81.6 cm³/mol. The van der Waals surface area contributed by atoms with Crippen molar-refractivity contribution in [3.63, 3.8) is 0 Å². The molecule has 2 heterocycles. The highest BCUT2D eigenvalue weighted by Crippen LogP contribution is 2.25. The van der Waals surface area contributed by atoms with Gasteiger partial charge in [-0.1, -0.05) is 12.1 Å². The monoisotopic (exact) mass is 333 g/mol. The van der Waals surface area contributed by atoms with Crippen LogP contribution < -0.4 is 4.72 Å². The Morgan fingerprint density at radius 2 is 1.96 bits per heavy atom. The van der Waals surface area contributed by atoms with Gasteiger partial charge in [-0.15, -0.1) is 0 Å². The number of aromatic nitrogens is 3. The van der Waals surface area contributed by atoms with Crippen LogP contribution in [-0.4, -0.2) is 27.9 Å². The van der Waals surface area contributed by atoms with Gasteiger partial charge in [0.05, 0.1) is 16.8 Å². The van der Waals surface area contributed by atoms with E-state index >= 15 is 0 Å². The molecule has 0 fully saturated rings. The Bertz CT molecular complexity index is 1010. The van der Waals surface area contributed by atoms with E-state index in [1.54, 1.807) is 13.0 Å². The Hall–Kier alpha value is -3.01. The number of anilines is 1. The smallest absolute Gasteiger partial charge is 0.278 e. The van der Waals surface area contributed by atoms with Crippen molar-refractivity contribution in [3.05, 3.63) is 58.5 Å². The second kappa shape index (κ2) is 5.32. The third kappa shape index (κ3) is 2.83. The van der Waals surface area contributed by atoms with Crippen molar-refractivity contribution in [2.45, 2.75) is 11.8 Å². The summed E-state index contributed by atoms with van der Waals surface area (Å²) >= 11 is 0. The highest BCUT2D eigenvalue weighted by atomic mass is 32.2. The number of para-hydroxylation sites is 1. The van der Waals surface area contributed by atoms with E-state index < -0.39 is 25.5 Å². The summed E-state index contributed by atoms with van der Waals surface area (Å²) < 4.78 is 28.5. The van der Waals surface area contributed by atoms with Crippen molar-refractivity contribution in [1.82, 2.24) is 14.6 Å². The molecule has 23 heavy (non-hydrogen) atoms. The number of benzene rings is 1. The van der Waals surface area contributed by atoms with Gasteiger partial charge in [0.15, 0.2) is 10.5 Å². The predicted octanol–water partition coefficient (Wildman–Crippen LogP) is 1.75. The molecule has 3 aromatic rings. The van der Waals surface area contributed by atoms with E-state index in [9.17, 15) is 18.5 Å². The first-order valence-electron chi connectivity index (χ1n) is 6.46. The molecule has 0 atom stereocenters. The molecule has 0 spiro atoms. The topological polar surface area (TPSA) is 120 Å². The van der Waals surface area contributed by atoms with Gasteiger partial charge in [0.1, 0.15) is 5.82 Å². The van der Waals surface area contributed by atoms with Gasteiger partial charge in [-0.25, -0.2) is 17.9 Å². The first kappa shape index (κ1) is 14.9. The number of rotatable bonds is 4. The number of hydrogen-bond donors (Lipinski definition) is 1. The van der Waals surface area contributed by atoms with Crippen LogP contribution in [0.3, 0.4) is 0 Å². The minimum Gasteiger partial charge on any atom is -0.278 e. The molecule has 1 aromatic carbocycles. The molecular formula is C13H11N5O4S. The average Bonchev–Trinajstić information content (AvgIpc) is 2.86. The Balaban J connectivity index is 2.01. The van der Waals surface area contributed by atoms with Crippen molar-refractivity contribution < 1.29 is 13.3 Å². The molecule has 0 saturated heterocycles. The van der Waals surface area contributed by atoms with E-state index in [-0.39, 0.29) is 5.69 Å². The van der Waals surface area contributed by atoms with E-state index in [0.29, 0.717) is 11.5 Å². The van der Waals surface area contributed by atoms with Crippen LogP contribution in [0.4, 0.5) is 11.4 Å². The summed E-state index contributed by atoms with van der Waals surface area (Å²) in [5.41, 5.74) is 0.300. The molecule has 0 saturated carbocycles. The fraction of sp³-hybridized carbons (Fsp3) is 0.0769. The first-order valence-corrected chi connectivity index (χ1v) is 7.94. The fourth-order valence-electron chi connectivity index (χ4n) is 2.10. The Morgan fingerprint density at radius 1 is 1.22 bits per heavy atom. The molecule has 0 amide bonds. The summed E-state index contributed by atoms with van der Waals surface area (Å²) in [6.07, 6.45) is 1.45. The molecule has 0 aliphatic heterocycles. The van der Waals surface area contributed by atoms with Crippen LogP contribution in [0.15, 0.2) is 47.5 Å². The lowest BCUT2D eigenvalue weighted by Crippen LogP contribution is -2.15. The van der Waals surface area contributed by atoms with Crippen LogP contribution in [0.5, 0.6) is 0 Å². The van der Waals surface area contributed by atoms with Crippen molar-refractivity contribution >= 4 is 27.0 Å².